The van der Waals surface area contributed by atoms with Gasteiger partial charge in [0.1, 0.15) is 5.69 Å². The first kappa shape index (κ1) is 15.9. The third kappa shape index (κ3) is 3.24. The molecule has 7 heteroatoms. The molecular formula is C13H19N3O4. The van der Waals surface area contributed by atoms with Crippen LogP contribution in [-0.4, -0.2) is 54.6 Å². The average Bonchev–Trinajstić information content (AvgIpc) is 2.43. The van der Waals surface area contributed by atoms with Crippen LogP contribution in [0.1, 0.15) is 17.3 Å². The molecule has 1 amide bonds. The molecule has 110 valence electrons. The number of benzene rings is 1. The van der Waals surface area contributed by atoms with Crippen LogP contribution in [0.15, 0.2) is 18.2 Å². The second-order valence-corrected chi connectivity index (χ2v) is 4.80. The molecular weight excluding hydrogens is 262 g/mol. The molecule has 0 heterocycles. The Balaban J connectivity index is 3.28. The summed E-state index contributed by atoms with van der Waals surface area (Å²) in [6.45, 7) is 1.63. The maximum absolute atomic E-state index is 11.8. The van der Waals surface area contributed by atoms with Crippen LogP contribution >= 0.6 is 0 Å². The molecule has 0 aliphatic heterocycles. The molecule has 1 rings (SSSR count). The fraction of sp³-hybridized carbons (Fsp3) is 0.462. The molecule has 0 saturated heterocycles. The summed E-state index contributed by atoms with van der Waals surface area (Å²) in [5.74, 6) is -0.294. The molecule has 0 aromatic heterocycles. The number of aliphatic hydroxyl groups is 1. The summed E-state index contributed by atoms with van der Waals surface area (Å²) < 4.78 is 0. The van der Waals surface area contributed by atoms with Crippen LogP contribution in [0.4, 0.5) is 11.4 Å². The van der Waals surface area contributed by atoms with E-state index < -0.39 is 4.92 Å². The fourth-order valence-electron chi connectivity index (χ4n) is 1.72. The molecule has 0 aliphatic rings. The van der Waals surface area contributed by atoms with E-state index in [0.717, 1.165) is 0 Å². The van der Waals surface area contributed by atoms with Crippen molar-refractivity contribution in [1.29, 1.82) is 0 Å². The highest BCUT2D eigenvalue weighted by atomic mass is 16.6. The Morgan fingerprint density at radius 3 is 2.45 bits per heavy atom. The van der Waals surface area contributed by atoms with Crippen molar-refractivity contribution in [2.75, 3.05) is 32.6 Å². The Bertz CT molecular complexity index is 516. The molecule has 1 aromatic carbocycles. The van der Waals surface area contributed by atoms with Gasteiger partial charge in [0, 0.05) is 38.8 Å². The minimum Gasteiger partial charge on any atom is -0.394 e. The summed E-state index contributed by atoms with van der Waals surface area (Å²) >= 11 is 0. The van der Waals surface area contributed by atoms with Gasteiger partial charge in [0.05, 0.1) is 11.5 Å². The van der Waals surface area contributed by atoms with Crippen LogP contribution in [-0.2, 0) is 0 Å². The van der Waals surface area contributed by atoms with E-state index in [0.29, 0.717) is 5.69 Å². The average molecular weight is 281 g/mol. The van der Waals surface area contributed by atoms with Crippen LogP contribution < -0.4 is 4.90 Å². The van der Waals surface area contributed by atoms with Gasteiger partial charge >= 0.3 is 0 Å². The second kappa shape index (κ2) is 6.33. The predicted molar refractivity (Wildman–Crippen MR) is 76.1 cm³/mol. The second-order valence-electron chi connectivity index (χ2n) is 4.80. The predicted octanol–water partition coefficient (Wildman–Crippen LogP) is 1.11. The SMILES string of the molecule is CC(CO)N(C)c1ccc(C(=O)N(C)C)cc1[N+](=O)[O-]. The van der Waals surface area contributed by atoms with Crippen molar-refractivity contribution in [3.05, 3.63) is 33.9 Å². The lowest BCUT2D eigenvalue weighted by Crippen LogP contribution is -2.32. The third-order valence-electron chi connectivity index (χ3n) is 3.13. The quantitative estimate of drug-likeness (QED) is 0.645. The molecule has 1 atom stereocenters. The van der Waals surface area contributed by atoms with Gasteiger partial charge in [-0.1, -0.05) is 0 Å². The minimum atomic E-state index is -0.525. The van der Waals surface area contributed by atoms with E-state index in [1.165, 1.54) is 17.0 Å². The Morgan fingerprint density at radius 2 is 2.00 bits per heavy atom. The Morgan fingerprint density at radius 1 is 1.40 bits per heavy atom. The van der Waals surface area contributed by atoms with Crippen molar-refractivity contribution in [3.63, 3.8) is 0 Å². The fourth-order valence-corrected chi connectivity index (χ4v) is 1.72. The molecule has 0 fully saturated rings. The lowest BCUT2D eigenvalue weighted by molar-refractivity contribution is -0.384. The molecule has 7 nitrogen and oxygen atoms in total. The van der Waals surface area contributed by atoms with Crippen LogP contribution in [0.5, 0.6) is 0 Å². The molecule has 0 spiro atoms. The topological polar surface area (TPSA) is 86.9 Å². The summed E-state index contributed by atoms with van der Waals surface area (Å²) in [6, 6.07) is 4.08. The number of carbonyl (C=O) groups excluding carboxylic acids is 1. The van der Waals surface area contributed by atoms with E-state index in [1.54, 1.807) is 39.0 Å². The monoisotopic (exact) mass is 281 g/mol. The van der Waals surface area contributed by atoms with Crippen molar-refractivity contribution in [2.45, 2.75) is 13.0 Å². The third-order valence-corrected chi connectivity index (χ3v) is 3.13. The standard InChI is InChI=1S/C13H19N3O4/c1-9(8-17)15(4)11-6-5-10(13(18)14(2)3)7-12(11)16(19)20/h5-7,9,17H,8H2,1-4H3. The van der Waals surface area contributed by atoms with Crippen molar-refractivity contribution in [3.8, 4) is 0 Å². The Labute approximate surface area is 117 Å². The smallest absolute Gasteiger partial charge is 0.293 e. The van der Waals surface area contributed by atoms with Crippen LogP contribution in [0, 0.1) is 10.1 Å². The maximum atomic E-state index is 11.8. The zero-order chi connectivity index (χ0) is 15.4. The first-order valence-corrected chi connectivity index (χ1v) is 6.13. The van der Waals surface area contributed by atoms with Crippen molar-refractivity contribution < 1.29 is 14.8 Å². The van der Waals surface area contributed by atoms with Crippen LogP contribution in [0.25, 0.3) is 0 Å². The van der Waals surface area contributed by atoms with Crippen LogP contribution in [0.2, 0.25) is 0 Å². The van der Waals surface area contributed by atoms with Gasteiger partial charge in [-0.15, -0.1) is 0 Å². The summed E-state index contributed by atoms with van der Waals surface area (Å²) in [7, 11) is 4.83. The molecule has 0 radical (unpaired) electrons. The number of nitro benzene ring substituents is 1. The van der Waals surface area contributed by atoms with Gasteiger partial charge in [0.2, 0.25) is 0 Å². The van der Waals surface area contributed by atoms with Crippen molar-refractivity contribution in [2.24, 2.45) is 0 Å². The molecule has 1 N–H and O–H groups in total. The number of aliphatic hydroxyl groups excluding tert-OH is 1. The summed E-state index contributed by atoms with van der Waals surface area (Å²) in [4.78, 5) is 25.5. The highest BCUT2D eigenvalue weighted by Gasteiger charge is 2.22. The zero-order valence-corrected chi connectivity index (χ0v) is 12.0. The van der Waals surface area contributed by atoms with Gasteiger partial charge in [-0.05, 0) is 19.1 Å². The Kier molecular flexibility index (Phi) is 5.04. The summed E-state index contributed by atoms with van der Waals surface area (Å²) in [6.07, 6.45) is 0. The van der Waals surface area contributed by atoms with E-state index in [1.807, 2.05) is 0 Å². The molecule has 0 aliphatic carbocycles. The normalized spacial score (nSPS) is 11.8. The van der Waals surface area contributed by atoms with Crippen molar-refractivity contribution >= 4 is 17.3 Å². The van der Waals surface area contributed by atoms with E-state index in [9.17, 15) is 14.9 Å². The Hall–Kier alpha value is -2.15. The first-order valence-electron chi connectivity index (χ1n) is 6.13. The van der Waals surface area contributed by atoms with Gasteiger partial charge in [0.15, 0.2) is 0 Å². The van der Waals surface area contributed by atoms with Crippen molar-refractivity contribution in [1.82, 2.24) is 4.90 Å². The number of nitro groups is 1. The van der Waals surface area contributed by atoms with E-state index in [2.05, 4.69) is 0 Å². The van der Waals surface area contributed by atoms with Gasteiger partial charge in [-0.3, -0.25) is 14.9 Å². The summed E-state index contributed by atoms with van der Waals surface area (Å²) in [5.41, 5.74) is 0.475. The number of rotatable bonds is 5. The van der Waals surface area contributed by atoms with E-state index >= 15 is 0 Å². The molecule has 0 saturated carbocycles. The van der Waals surface area contributed by atoms with Gasteiger partial charge in [0.25, 0.3) is 11.6 Å². The van der Waals surface area contributed by atoms with Gasteiger partial charge in [-0.25, -0.2) is 0 Å². The lowest BCUT2D eigenvalue weighted by Gasteiger charge is -2.25. The number of anilines is 1. The van der Waals surface area contributed by atoms with E-state index in [-0.39, 0.29) is 29.8 Å². The highest BCUT2D eigenvalue weighted by Crippen LogP contribution is 2.29. The zero-order valence-electron chi connectivity index (χ0n) is 12.0. The summed E-state index contributed by atoms with van der Waals surface area (Å²) in [5, 5.41) is 20.3. The number of carbonyl (C=O) groups is 1. The molecule has 1 aromatic rings. The molecule has 1 unspecified atom stereocenters. The molecule has 20 heavy (non-hydrogen) atoms. The lowest BCUT2D eigenvalue weighted by atomic mass is 10.1. The molecule has 0 bridgehead atoms. The number of hydrogen-bond donors (Lipinski definition) is 1. The number of amides is 1. The van der Waals surface area contributed by atoms with E-state index in [4.69, 9.17) is 5.11 Å². The highest BCUT2D eigenvalue weighted by molar-refractivity contribution is 5.95. The van der Waals surface area contributed by atoms with Gasteiger partial charge < -0.3 is 14.9 Å². The maximum Gasteiger partial charge on any atom is 0.293 e. The minimum absolute atomic E-state index is 0.119. The largest absolute Gasteiger partial charge is 0.394 e. The van der Waals surface area contributed by atoms with Gasteiger partial charge in [-0.2, -0.15) is 0 Å². The number of likely N-dealkylation sites (N-methyl/N-ethyl adjacent to an activating group) is 1. The van der Waals surface area contributed by atoms with Crippen LogP contribution in [0.3, 0.4) is 0 Å². The number of hydrogen-bond acceptors (Lipinski definition) is 5. The first-order chi connectivity index (χ1) is 9.29. The number of nitrogens with zero attached hydrogens (tertiary/aromatic N) is 3.